The highest BCUT2D eigenvalue weighted by Crippen LogP contribution is 2.18. The maximum absolute atomic E-state index is 12.0. The Kier molecular flexibility index (Phi) is 6.84. The van der Waals surface area contributed by atoms with Gasteiger partial charge in [0.15, 0.2) is 12.4 Å². The molecule has 0 spiro atoms. The minimum Gasteiger partial charge on any atom is -0.451 e. The van der Waals surface area contributed by atoms with Crippen LogP contribution in [0.25, 0.3) is 0 Å². The SMILES string of the molecule is CC(=O)c1ccc(C(=O)OCC(=O)N(C)CC(=O)Nc2ccc(C)cc2)s1. The predicted octanol–water partition coefficient (Wildman–Crippen LogP) is 2.51. The Morgan fingerprint density at radius 2 is 1.67 bits per heavy atom. The molecule has 142 valence electrons. The van der Waals surface area contributed by atoms with E-state index < -0.39 is 18.5 Å². The van der Waals surface area contributed by atoms with Crippen molar-refractivity contribution in [3.05, 3.63) is 51.7 Å². The van der Waals surface area contributed by atoms with Crippen LogP contribution in [-0.2, 0) is 14.3 Å². The number of ether oxygens (including phenoxy) is 1. The van der Waals surface area contributed by atoms with E-state index in [4.69, 9.17) is 4.74 Å². The summed E-state index contributed by atoms with van der Waals surface area (Å²) in [6.07, 6.45) is 0. The van der Waals surface area contributed by atoms with Gasteiger partial charge >= 0.3 is 5.97 Å². The van der Waals surface area contributed by atoms with E-state index in [2.05, 4.69) is 5.32 Å². The molecule has 0 fully saturated rings. The van der Waals surface area contributed by atoms with Gasteiger partial charge in [-0.25, -0.2) is 4.79 Å². The zero-order chi connectivity index (χ0) is 20.0. The molecule has 8 heteroatoms. The molecule has 0 saturated carbocycles. The minimum absolute atomic E-state index is 0.144. The Bertz CT molecular complexity index is 857. The van der Waals surface area contributed by atoms with Crippen LogP contribution in [0, 0.1) is 6.92 Å². The minimum atomic E-state index is -0.682. The number of likely N-dealkylation sites (N-methyl/N-ethyl adjacent to an activating group) is 1. The first kappa shape index (κ1) is 20.3. The molecule has 0 unspecified atom stereocenters. The number of carbonyl (C=O) groups excluding carboxylic acids is 4. The van der Waals surface area contributed by atoms with Crippen LogP contribution in [0.3, 0.4) is 0 Å². The summed E-state index contributed by atoms with van der Waals surface area (Å²) in [4.78, 5) is 49.1. The third kappa shape index (κ3) is 6.03. The molecule has 0 radical (unpaired) electrons. The van der Waals surface area contributed by atoms with Gasteiger partial charge in [-0.05, 0) is 38.1 Å². The van der Waals surface area contributed by atoms with Gasteiger partial charge in [-0.15, -0.1) is 11.3 Å². The van der Waals surface area contributed by atoms with Crippen molar-refractivity contribution < 1.29 is 23.9 Å². The van der Waals surface area contributed by atoms with Gasteiger partial charge in [-0.2, -0.15) is 0 Å². The van der Waals surface area contributed by atoms with E-state index in [0.717, 1.165) is 16.9 Å². The van der Waals surface area contributed by atoms with Crippen molar-refractivity contribution in [1.82, 2.24) is 4.90 Å². The first-order valence-corrected chi connectivity index (χ1v) is 8.96. The quantitative estimate of drug-likeness (QED) is 0.581. The summed E-state index contributed by atoms with van der Waals surface area (Å²) in [7, 11) is 1.45. The number of nitrogens with zero attached hydrogens (tertiary/aromatic N) is 1. The van der Waals surface area contributed by atoms with Crippen LogP contribution in [0.2, 0.25) is 0 Å². The molecule has 2 aromatic rings. The molecule has 0 saturated heterocycles. The van der Waals surface area contributed by atoms with Gasteiger partial charge in [-0.3, -0.25) is 14.4 Å². The number of rotatable bonds is 7. The predicted molar refractivity (Wildman–Crippen MR) is 102 cm³/mol. The monoisotopic (exact) mass is 388 g/mol. The third-order valence-corrected chi connectivity index (χ3v) is 4.79. The van der Waals surface area contributed by atoms with E-state index in [9.17, 15) is 19.2 Å². The summed E-state index contributed by atoms with van der Waals surface area (Å²) < 4.78 is 4.95. The summed E-state index contributed by atoms with van der Waals surface area (Å²) in [5, 5.41) is 2.69. The molecular formula is C19H20N2O5S. The highest BCUT2D eigenvalue weighted by Gasteiger charge is 2.17. The molecule has 1 aromatic heterocycles. The van der Waals surface area contributed by atoms with Crippen molar-refractivity contribution >= 4 is 40.6 Å². The summed E-state index contributed by atoms with van der Waals surface area (Å²) in [5.41, 5.74) is 1.71. The van der Waals surface area contributed by atoms with Gasteiger partial charge < -0.3 is 15.0 Å². The number of ketones is 1. The normalized spacial score (nSPS) is 10.2. The van der Waals surface area contributed by atoms with E-state index in [1.165, 1.54) is 31.0 Å². The average molecular weight is 388 g/mol. The molecule has 0 aliphatic heterocycles. The molecule has 1 aromatic carbocycles. The van der Waals surface area contributed by atoms with Crippen molar-refractivity contribution in [2.75, 3.05) is 25.5 Å². The summed E-state index contributed by atoms with van der Waals surface area (Å²) in [6, 6.07) is 10.3. The van der Waals surface area contributed by atoms with E-state index in [0.29, 0.717) is 10.6 Å². The number of hydrogen-bond acceptors (Lipinski definition) is 6. The van der Waals surface area contributed by atoms with Gasteiger partial charge in [0.1, 0.15) is 4.88 Å². The number of amides is 2. The molecule has 0 aliphatic carbocycles. The lowest BCUT2D eigenvalue weighted by Crippen LogP contribution is -2.37. The lowest BCUT2D eigenvalue weighted by molar-refractivity contribution is -0.136. The maximum atomic E-state index is 12.0. The Balaban J connectivity index is 1.80. The summed E-state index contributed by atoms with van der Waals surface area (Å²) in [6.45, 7) is 2.69. The summed E-state index contributed by atoms with van der Waals surface area (Å²) >= 11 is 1.01. The first-order chi connectivity index (χ1) is 12.8. The highest BCUT2D eigenvalue weighted by molar-refractivity contribution is 7.15. The number of carbonyl (C=O) groups is 4. The van der Waals surface area contributed by atoms with E-state index in [1.807, 2.05) is 19.1 Å². The standard InChI is InChI=1S/C19H20N2O5S/c1-12-4-6-14(7-5-12)20-17(23)10-21(3)18(24)11-26-19(25)16-9-8-15(27-16)13(2)22/h4-9H,10-11H2,1-3H3,(H,20,23). The number of hydrogen-bond donors (Lipinski definition) is 1. The fourth-order valence-corrected chi connectivity index (χ4v) is 2.88. The Labute approximate surface area is 160 Å². The van der Waals surface area contributed by atoms with Crippen molar-refractivity contribution in [3.8, 4) is 0 Å². The second-order valence-electron chi connectivity index (χ2n) is 5.96. The van der Waals surface area contributed by atoms with E-state index >= 15 is 0 Å². The first-order valence-electron chi connectivity index (χ1n) is 8.14. The molecule has 1 N–H and O–H groups in total. The number of nitrogens with one attached hydrogen (secondary N) is 1. The smallest absolute Gasteiger partial charge is 0.348 e. The highest BCUT2D eigenvalue weighted by atomic mass is 32.1. The number of aryl methyl sites for hydroxylation is 1. The van der Waals surface area contributed by atoms with Crippen molar-refractivity contribution in [2.45, 2.75) is 13.8 Å². The van der Waals surface area contributed by atoms with Gasteiger partial charge in [0.25, 0.3) is 5.91 Å². The largest absolute Gasteiger partial charge is 0.451 e. The Hall–Kier alpha value is -3.00. The molecule has 0 aliphatic rings. The zero-order valence-corrected chi connectivity index (χ0v) is 16.1. The second-order valence-corrected chi connectivity index (χ2v) is 7.04. The van der Waals surface area contributed by atoms with Crippen LogP contribution in [0.5, 0.6) is 0 Å². The fourth-order valence-electron chi connectivity index (χ4n) is 2.09. The number of Topliss-reactive ketones (excluding diaryl/α,β-unsaturated/α-hetero) is 1. The van der Waals surface area contributed by atoms with Crippen LogP contribution in [0.4, 0.5) is 5.69 Å². The van der Waals surface area contributed by atoms with Crippen LogP contribution >= 0.6 is 11.3 Å². The number of anilines is 1. The average Bonchev–Trinajstić information content (AvgIpc) is 3.11. The third-order valence-electron chi connectivity index (χ3n) is 3.62. The van der Waals surface area contributed by atoms with Crippen molar-refractivity contribution in [1.29, 1.82) is 0 Å². The number of esters is 1. The van der Waals surface area contributed by atoms with Crippen molar-refractivity contribution in [2.24, 2.45) is 0 Å². The molecule has 1 heterocycles. The van der Waals surface area contributed by atoms with Crippen LogP contribution < -0.4 is 5.32 Å². The molecular weight excluding hydrogens is 368 g/mol. The molecule has 0 atom stereocenters. The van der Waals surface area contributed by atoms with Crippen LogP contribution in [-0.4, -0.2) is 48.7 Å². The van der Waals surface area contributed by atoms with E-state index in [1.54, 1.807) is 12.1 Å². The maximum Gasteiger partial charge on any atom is 0.348 e. The molecule has 7 nitrogen and oxygen atoms in total. The molecule has 2 rings (SSSR count). The van der Waals surface area contributed by atoms with Gasteiger partial charge in [-0.1, -0.05) is 17.7 Å². The number of benzene rings is 1. The number of thiophene rings is 1. The Morgan fingerprint density at radius 3 is 2.26 bits per heavy atom. The van der Waals surface area contributed by atoms with Crippen LogP contribution in [0.15, 0.2) is 36.4 Å². The Morgan fingerprint density at radius 1 is 1.04 bits per heavy atom. The zero-order valence-electron chi connectivity index (χ0n) is 15.3. The molecule has 27 heavy (non-hydrogen) atoms. The summed E-state index contributed by atoms with van der Waals surface area (Å²) in [5.74, 6) is -1.69. The van der Waals surface area contributed by atoms with Gasteiger partial charge in [0.05, 0.1) is 11.4 Å². The molecule has 0 bridgehead atoms. The van der Waals surface area contributed by atoms with Crippen molar-refractivity contribution in [3.63, 3.8) is 0 Å². The molecule has 2 amide bonds. The topological polar surface area (TPSA) is 92.8 Å². The second kappa shape index (κ2) is 9.09. The van der Waals surface area contributed by atoms with Gasteiger partial charge in [0, 0.05) is 12.7 Å². The van der Waals surface area contributed by atoms with Crippen LogP contribution in [0.1, 0.15) is 31.8 Å². The van der Waals surface area contributed by atoms with Gasteiger partial charge in [0.2, 0.25) is 5.91 Å². The lowest BCUT2D eigenvalue weighted by atomic mass is 10.2. The van der Waals surface area contributed by atoms with E-state index in [-0.39, 0.29) is 23.1 Å². The lowest BCUT2D eigenvalue weighted by Gasteiger charge is -2.16. The fraction of sp³-hybridized carbons (Fsp3) is 0.263.